The van der Waals surface area contributed by atoms with Crippen molar-refractivity contribution >= 4 is 0 Å². The van der Waals surface area contributed by atoms with E-state index in [0.717, 1.165) is 0 Å². The molecule has 0 bridgehead atoms. The molecule has 0 radical (unpaired) electrons. The molecular formula is C18H36N2. The summed E-state index contributed by atoms with van der Waals surface area (Å²) in [6.07, 6.45) is 17.3. The van der Waals surface area contributed by atoms with Gasteiger partial charge in [-0.1, -0.05) is 64.7 Å². The zero-order chi connectivity index (χ0) is 14.1. The summed E-state index contributed by atoms with van der Waals surface area (Å²) in [6, 6.07) is 0. The maximum atomic E-state index is 3.66. The van der Waals surface area contributed by atoms with Crippen molar-refractivity contribution in [3.05, 3.63) is 0 Å². The summed E-state index contributed by atoms with van der Waals surface area (Å²) < 4.78 is 0. The Balaban J connectivity index is 1.64. The van der Waals surface area contributed by atoms with Crippen LogP contribution >= 0.6 is 0 Å². The molecular weight excluding hydrogens is 244 g/mol. The maximum absolute atomic E-state index is 3.66. The number of hydrogen-bond acceptors (Lipinski definition) is 2. The van der Waals surface area contributed by atoms with Crippen LogP contribution in [0.3, 0.4) is 0 Å². The second-order valence-electron chi connectivity index (χ2n) is 7.07. The summed E-state index contributed by atoms with van der Waals surface area (Å²) in [7, 11) is 0. The maximum Gasteiger partial charge on any atom is 0.0334 e. The highest BCUT2D eigenvalue weighted by Crippen LogP contribution is 2.34. The number of nitrogens with one attached hydrogen (secondary N) is 1. The molecule has 1 aliphatic heterocycles. The molecule has 2 rings (SSSR count). The smallest absolute Gasteiger partial charge is 0.0334 e. The van der Waals surface area contributed by atoms with Gasteiger partial charge in [-0.2, -0.15) is 0 Å². The summed E-state index contributed by atoms with van der Waals surface area (Å²) in [4.78, 5) is 2.86. The van der Waals surface area contributed by atoms with Crippen molar-refractivity contribution in [2.75, 3.05) is 26.2 Å². The fraction of sp³-hybridized carbons (Fsp3) is 1.00. The van der Waals surface area contributed by atoms with Crippen molar-refractivity contribution < 1.29 is 0 Å². The number of rotatable bonds is 8. The van der Waals surface area contributed by atoms with Crippen LogP contribution in [0.1, 0.15) is 84.0 Å². The Hall–Kier alpha value is -0.0800. The number of hydrogen-bond donors (Lipinski definition) is 1. The lowest BCUT2D eigenvalue weighted by molar-refractivity contribution is 0.0263. The van der Waals surface area contributed by atoms with Gasteiger partial charge in [-0.25, -0.2) is 0 Å². The fourth-order valence-corrected chi connectivity index (χ4v) is 4.20. The summed E-state index contributed by atoms with van der Waals surface area (Å²) in [5.74, 6) is 0. The van der Waals surface area contributed by atoms with Crippen molar-refractivity contribution in [3.63, 3.8) is 0 Å². The largest absolute Gasteiger partial charge is 0.314 e. The van der Waals surface area contributed by atoms with Crippen LogP contribution in [0.2, 0.25) is 0 Å². The molecule has 1 saturated carbocycles. The van der Waals surface area contributed by atoms with E-state index in [1.807, 2.05) is 0 Å². The standard InChI is InChI=1S/C18H36N2/c1-2-3-4-5-6-7-11-15-20-16-14-19-17-18(20)12-9-8-10-13-18/h19H,2-17H2,1H3. The Morgan fingerprint density at radius 1 is 0.900 bits per heavy atom. The highest BCUT2D eigenvalue weighted by Gasteiger charge is 2.38. The molecule has 0 aromatic carbocycles. The summed E-state index contributed by atoms with van der Waals surface area (Å²) >= 11 is 0. The van der Waals surface area contributed by atoms with E-state index < -0.39 is 0 Å². The Kier molecular flexibility index (Phi) is 7.37. The second-order valence-corrected chi connectivity index (χ2v) is 7.07. The van der Waals surface area contributed by atoms with E-state index in [1.54, 1.807) is 0 Å². The molecule has 2 fully saturated rings. The van der Waals surface area contributed by atoms with Gasteiger partial charge in [0, 0.05) is 25.2 Å². The molecule has 0 amide bonds. The van der Waals surface area contributed by atoms with E-state index in [0.29, 0.717) is 5.54 Å². The second kappa shape index (κ2) is 9.04. The molecule has 0 aromatic heterocycles. The Labute approximate surface area is 126 Å². The van der Waals surface area contributed by atoms with Gasteiger partial charge in [0.25, 0.3) is 0 Å². The highest BCUT2D eigenvalue weighted by molar-refractivity contribution is 4.97. The minimum Gasteiger partial charge on any atom is -0.314 e. The first-order chi connectivity index (χ1) is 9.87. The van der Waals surface area contributed by atoms with Gasteiger partial charge >= 0.3 is 0 Å². The van der Waals surface area contributed by atoms with E-state index in [9.17, 15) is 0 Å². The van der Waals surface area contributed by atoms with E-state index in [1.165, 1.54) is 103 Å². The summed E-state index contributed by atoms with van der Waals surface area (Å²) in [6.45, 7) is 7.40. The van der Waals surface area contributed by atoms with Gasteiger partial charge < -0.3 is 5.32 Å². The Bertz CT molecular complexity index is 238. The molecule has 20 heavy (non-hydrogen) atoms. The van der Waals surface area contributed by atoms with E-state index in [-0.39, 0.29) is 0 Å². The lowest BCUT2D eigenvalue weighted by atomic mass is 9.79. The zero-order valence-corrected chi connectivity index (χ0v) is 13.8. The molecule has 1 saturated heterocycles. The van der Waals surface area contributed by atoms with Gasteiger partial charge in [0.15, 0.2) is 0 Å². The molecule has 0 aromatic rings. The molecule has 1 spiro atoms. The van der Waals surface area contributed by atoms with Crippen LogP contribution in [0.4, 0.5) is 0 Å². The highest BCUT2D eigenvalue weighted by atomic mass is 15.3. The van der Waals surface area contributed by atoms with Gasteiger partial charge in [0.2, 0.25) is 0 Å². The first kappa shape index (κ1) is 16.3. The third-order valence-electron chi connectivity index (χ3n) is 5.50. The van der Waals surface area contributed by atoms with Crippen LogP contribution in [-0.2, 0) is 0 Å². The third kappa shape index (κ3) is 4.73. The van der Waals surface area contributed by atoms with E-state index in [4.69, 9.17) is 0 Å². The SMILES string of the molecule is CCCCCCCCCN1CCNCC12CCCCC2. The van der Waals surface area contributed by atoms with Crippen LogP contribution in [0, 0.1) is 0 Å². The molecule has 2 nitrogen and oxygen atoms in total. The molecule has 1 aliphatic carbocycles. The summed E-state index contributed by atoms with van der Waals surface area (Å²) in [5.41, 5.74) is 0.540. The predicted molar refractivity (Wildman–Crippen MR) is 88.3 cm³/mol. The average Bonchev–Trinajstić information content (AvgIpc) is 2.49. The van der Waals surface area contributed by atoms with Crippen LogP contribution in [0.15, 0.2) is 0 Å². The Morgan fingerprint density at radius 2 is 1.60 bits per heavy atom. The lowest BCUT2D eigenvalue weighted by Gasteiger charge is -2.50. The number of nitrogens with zero attached hydrogens (tertiary/aromatic N) is 1. The number of piperazine rings is 1. The van der Waals surface area contributed by atoms with Gasteiger partial charge in [-0.15, -0.1) is 0 Å². The lowest BCUT2D eigenvalue weighted by Crippen LogP contribution is -2.62. The first-order valence-electron chi connectivity index (χ1n) is 9.33. The van der Waals surface area contributed by atoms with Crippen LogP contribution in [0.5, 0.6) is 0 Å². The quantitative estimate of drug-likeness (QED) is 0.665. The van der Waals surface area contributed by atoms with Gasteiger partial charge in [0.1, 0.15) is 0 Å². The fourth-order valence-electron chi connectivity index (χ4n) is 4.20. The van der Waals surface area contributed by atoms with Crippen molar-refractivity contribution in [1.82, 2.24) is 10.2 Å². The van der Waals surface area contributed by atoms with Crippen molar-refractivity contribution in [2.45, 2.75) is 89.5 Å². The van der Waals surface area contributed by atoms with Crippen molar-refractivity contribution in [3.8, 4) is 0 Å². The third-order valence-corrected chi connectivity index (χ3v) is 5.50. The molecule has 2 aliphatic rings. The predicted octanol–water partition coefficient (Wildman–Crippen LogP) is 4.35. The molecule has 0 unspecified atom stereocenters. The minimum atomic E-state index is 0.540. The van der Waals surface area contributed by atoms with E-state index >= 15 is 0 Å². The van der Waals surface area contributed by atoms with Gasteiger partial charge in [0.05, 0.1) is 0 Å². The molecule has 2 heteroatoms. The van der Waals surface area contributed by atoms with Crippen LogP contribution in [-0.4, -0.2) is 36.6 Å². The molecule has 1 N–H and O–H groups in total. The van der Waals surface area contributed by atoms with Crippen LogP contribution in [0.25, 0.3) is 0 Å². The number of unbranched alkanes of at least 4 members (excludes halogenated alkanes) is 6. The normalized spacial score (nSPS) is 23.2. The minimum absolute atomic E-state index is 0.540. The van der Waals surface area contributed by atoms with Gasteiger partial charge in [-0.05, 0) is 25.8 Å². The topological polar surface area (TPSA) is 15.3 Å². The first-order valence-corrected chi connectivity index (χ1v) is 9.33. The average molecular weight is 280 g/mol. The molecule has 1 heterocycles. The molecule has 0 atom stereocenters. The zero-order valence-electron chi connectivity index (χ0n) is 13.8. The van der Waals surface area contributed by atoms with Crippen molar-refractivity contribution in [1.29, 1.82) is 0 Å². The summed E-state index contributed by atoms with van der Waals surface area (Å²) in [5, 5.41) is 3.66. The van der Waals surface area contributed by atoms with Gasteiger partial charge in [-0.3, -0.25) is 4.90 Å². The van der Waals surface area contributed by atoms with E-state index in [2.05, 4.69) is 17.1 Å². The monoisotopic (exact) mass is 280 g/mol. The Morgan fingerprint density at radius 3 is 2.35 bits per heavy atom. The van der Waals surface area contributed by atoms with Crippen LogP contribution < -0.4 is 5.32 Å². The van der Waals surface area contributed by atoms with Crippen molar-refractivity contribution in [2.24, 2.45) is 0 Å². The molecule has 118 valence electrons.